The van der Waals surface area contributed by atoms with Gasteiger partial charge in [0.2, 0.25) is 0 Å². The molecule has 0 spiro atoms. The summed E-state index contributed by atoms with van der Waals surface area (Å²) in [5.41, 5.74) is 7.45. The van der Waals surface area contributed by atoms with E-state index in [9.17, 15) is 0 Å². The maximum atomic E-state index is 5.75. The van der Waals surface area contributed by atoms with Crippen LogP contribution in [0.3, 0.4) is 0 Å². The normalized spacial score (nSPS) is 10.9. The lowest BCUT2D eigenvalue weighted by Gasteiger charge is -1.93. The largest absolute Gasteiger partial charge is 0.399 e. The van der Waals surface area contributed by atoms with Crippen LogP contribution < -0.4 is 5.73 Å². The van der Waals surface area contributed by atoms with Gasteiger partial charge in [0, 0.05) is 20.7 Å². The molecule has 0 atom stereocenters. The van der Waals surface area contributed by atoms with Crippen LogP contribution in [0.4, 0.5) is 5.69 Å². The molecule has 2 rings (SSSR count). The van der Waals surface area contributed by atoms with Gasteiger partial charge in [-0.2, -0.15) is 0 Å². The first kappa shape index (κ1) is 9.82. The first-order chi connectivity index (χ1) is 7.26. The molecule has 2 aromatic rings. The standard InChI is InChI=1S/C13H11NS/c1-3-5-12-10(4-2)11-8-9(14)6-7-13(11)15-12/h2-3,5-8H,14H2,1H3/b5-3-. The molecule has 15 heavy (non-hydrogen) atoms. The lowest BCUT2D eigenvalue weighted by atomic mass is 10.1. The number of fused-ring (bicyclic) bond motifs is 1. The molecule has 0 saturated heterocycles. The summed E-state index contributed by atoms with van der Waals surface area (Å²) in [4.78, 5) is 1.13. The van der Waals surface area contributed by atoms with E-state index in [1.54, 1.807) is 11.3 Å². The molecule has 0 bridgehead atoms. The molecular weight excluding hydrogens is 202 g/mol. The van der Waals surface area contributed by atoms with Crippen LogP contribution in [0.1, 0.15) is 17.4 Å². The first-order valence-electron chi connectivity index (χ1n) is 4.67. The van der Waals surface area contributed by atoms with Crippen molar-refractivity contribution in [3.63, 3.8) is 0 Å². The quantitative estimate of drug-likeness (QED) is 0.569. The maximum absolute atomic E-state index is 5.75. The Hall–Kier alpha value is -1.72. The third-order valence-corrected chi connectivity index (χ3v) is 3.34. The Kier molecular flexibility index (Phi) is 2.49. The number of allylic oxidation sites excluding steroid dienone is 1. The number of nitrogen functional groups attached to an aromatic ring is 1. The van der Waals surface area contributed by atoms with E-state index in [0.29, 0.717) is 0 Å². The van der Waals surface area contributed by atoms with Gasteiger partial charge in [0.1, 0.15) is 0 Å². The van der Waals surface area contributed by atoms with E-state index >= 15 is 0 Å². The van der Waals surface area contributed by atoms with E-state index in [1.165, 1.54) is 4.70 Å². The maximum Gasteiger partial charge on any atom is 0.0502 e. The summed E-state index contributed by atoms with van der Waals surface area (Å²) in [6, 6.07) is 5.86. The van der Waals surface area contributed by atoms with Crippen molar-refractivity contribution in [3.8, 4) is 12.3 Å². The average Bonchev–Trinajstić information content (AvgIpc) is 2.55. The zero-order valence-corrected chi connectivity index (χ0v) is 9.27. The van der Waals surface area contributed by atoms with Gasteiger partial charge >= 0.3 is 0 Å². The molecule has 0 aliphatic carbocycles. The highest BCUT2D eigenvalue weighted by molar-refractivity contribution is 7.20. The van der Waals surface area contributed by atoms with Crippen LogP contribution in [0, 0.1) is 12.3 Å². The molecule has 0 fully saturated rings. The predicted octanol–water partition coefficient (Wildman–Crippen LogP) is 3.50. The van der Waals surface area contributed by atoms with Gasteiger partial charge in [-0.15, -0.1) is 17.8 Å². The predicted molar refractivity (Wildman–Crippen MR) is 68.9 cm³/mol. The summed E-state index contributed by atoms with van der Waals surface area (Å²) in [7, 11) is 0. The van der Waals surface area contributed by atoms with E-state index in [4.69, 9.17) is 12.2 Å². The summed E-state index contributed by atoms with van der Waals surface area (Å²) >= 11 is 1.70. The molecule has 0 radical (unpaired) electrons. The molecule has 0 aliphatic heterocycles. The fourth-order valence-electron chi connectivity index (χ4n) is 1.55. The molecule has 1 heterocycles. The SMILES string of the molecule is C#Cc1c(/C=C\C)sc2ccc(N)cc12. The summed E-state index contributed by atoms with van der Waals surface area (Å²) in [5, 5.41) is 1.08. The second kappa shape index (κ2) is 3.80. The Morgan fingerprint density at radius 2 is 2.27 bits per heavy atom. The lowest BCUT2D eigenvalue weighted by molar-refractivity contribution is 1.75. The molecule has 1 aromatic heterocycles. The van der Waals surface area contributed by atoms with Crippen LogP contribution in [0.5, 0.6) is 0 Å². The third-order valence-electron chi connectivity index (χ3n) is 2.20. The third kappa shape index (κ3) is 1.62. The Bertz CT molecular complexity index is 570. The van der Waals surface area contributed by atoms with Gasteiger partial charge in [-0.05, 0) is 31.2 Å². The second-order valence-electron chi connectivity index (χ2n) is 3.24. The van der Waals surface area contributed by atoms with E-state index in [1.807, 2.05) is 37.3 Å². The molecule has 0 amide bonds. The van der Waals surface area contributed by atoms with E-state index in [2.05, 4.69) is 5.92 Å². The van der Waals surface area contributed by atoms with Crippen molar-refractivity contribution in [1.29, 1.82) is 0 Å². The molecule has 0 aliphatic rings. The Balaban J connectivity index is 2.81. The van der Waals surface area contributed by atoms with Crippen molar-refractivity contribution in [2.45, 2.75) is 6.92 Å². The first-order valence-corrected chi connectivity index (χ1v) is 5.49. The smallest absolute Gasteiger partial charge is 0.0502 e. The molecule has 0 unspecified atom stereocenters. The van der Waals surface area contributed by atoms with Gasteiger partial charge in [0.15, 0.2) is 0 Å². The molecule has 2 heteroatoms. The molecule has 1 nitrogen and oxygen atoms in total. The lowest BCUT2D eigenvalue weighted by Crippen LogP contribution is -1.82. The van der Waals surface area contributed by atoms with Crippen molar-refractivity contribution < 1.29 is 0 Å². The summed E-state index contributed by atoms with van der Waals surface area (Å²) in [6.45, 7) is 1.99. The molecule has 2 N–H and O–H groups in total. The fourth-order valence-corrected chi connectivity index (χ4v) is 2.67. The van der Waals surface area contributed by atoms with Crippen molar-refractivity contribution in [1.82, 2.24) is 0 Å². The van der Waals surface area contributed by atoms with Crippen molar-refractivity contribution in [2.75, 3.05) is 5.73 Å². The Morgan fingerprint density at radius 3 is 2.93 bits per heavy atom. The topological polar surface area (TPSA) is 26.0 Å². The summed E-state index contributed by atoms with van der Waals surface area (Å²) in [5.74, 6) is 2.73. The van der Waals surface area contributed by atoms with Crippen LogP contribution >= 0.6 is 11.3 Å². The fraction of sp³-hybridized carbons (Fsp3) is 0.0769. The van der Waals surface area contributed by atoms with Crippen molar-refractivity contribution >= 4 is 33.2 Å². The minimum atomic E-state index is 0.754. The van der Waals surface area contributed by atoms with Crippen molar-refractivity contribution in [2.24, 2.45) is 0 Å². The second-order valence-corrected chi connectivity index (χ2v) is 4.33. The van der Waals surface area contributed by atoms with Crippen LogP contribution in [-0.2, 0) is 0 Å². The number of terminal acetylenes is 1. The molecular formula is C13H11NS. The summed E-state index contributed by atoms with van der Waals surface area (Å²) < 4.78 is 1.19. The number of thiophene rings is 1. The zero-order chi connectivity index (χ0) is 10.8. The number of hydrogen-bond donors (Lipinski definition) is 1. The monoisotopic (exact) mass is 213 g/mol. The van der Waals surface area contributed by atoms with Gasteiger partial charge in [0.25, 0.3) is 0 Å². The van der Waals surface area contributed by atoms with E-state index < -0.39 is 0 Å². The highest BCUT2D eigenvalue weighted by Gasteiger charge is 2.07. The van der Waals surface area contributed by atoms with Gasteiger partial charge in [-0.3, -0.25) is 0 Å². The Morgan fingerprint density at radius 1 is 1.47 bits per heavy atom. The van der Waals surface area contributed by atoms with E-state index in [0.717, 1.165) is 21.5 Å². The molecule has 1 aromatic carbocycles. The summed E-state index contributed by atoms with van der Waals surface area (Å²) in [6.07, 6.45) is 9.56. The van der Waals surface area contributed by atoms with Crippen LogP contribution in [-0.4, -0.2) is 0 Å². The number of rotatable bonds is 1. The van der Waals surface area contributed by atoms with Crippen LogP contribution in [0.15, 0.2) is 24.3 Å². The minimum absolute atomic E-state index is 0.754. The van der Waals surface area contributed by atoms with Gasteiger partial charge in [-0.1, -0.05) is 12.0 Å². The van der Waals surface area contributed by atoms with Gasteiger partial charge < -0.3 is 5.73 Å². The van der Waals surface area contributed by atoms with E-state index in [-0.39, 0.29) is 0 Å². The zero-order valence-electron chi connectivity index (χ0n) is 8.45. The van der Waals surface area contributed by atoms with Crippen LogP contribution in [0.2, 0.25) is 0 Å². The highest BCUT2D eigenvalue weighted by atomic mass is 32.1. The number of nitrogens with two attached hydrogens (primary N) is 1. The average molecular weight is 213 g/mol. The highest BCUT2D eigenvalue weighted by Crippen LogP contribution is 2.32. The molecule has 0 saturated carbocycles. The Labute approximate surface area is 93.2 Å². The van der Waals surface area contributed by atoms with Gasteiger partial charge in [0.05, 0.1) is 5.56 Å². The minimum Gasteiger partial charge on any atom is -0.399 e. The van der Waals surface area contributed by atoms with Gasteiger partial charge in [-0.25, -0.2) is 0 Å². The molecule has 74 valence electrons. The van der Waals surface area contributed by atoms with Crippen LogP contribution in [0.25, 0.3) is 16.2 Å². The number of hydrogen-bond acceptors (Lipinski definition) is 2. The number of benzene rings is 1. The number of anilines is 1. The van der Waals surface area contributed by atoms with Crippen molar-refractivity contribution in [3.05, 3.63) is 34.7 Å².